The number of urea groups is 1. The van der Waals surface area contributed by atoms with E-state index in [4.69, 9.17) is 0 Å². The fourth-order valence-corrected chi connectivity index (χ4v) is 2.72. The summed E-state index contributed by atoms with van der Waals surface area (Å²) in [6, 6.07) is 3.93. The zero-order valence-corrected chi connectivity index (χ0v) is 13.3. The first-order valence-corrected chi connectivity index (χ1v) is 7.49. The van der Waals surface area contributed by atoms with E-state index in [2.05, 4.69) is 9.88 Å². The number of aromatic nitrogens is 1. The number of likely N-dealkylation sites (N-methyl/N-ethyl adjacent to an activating group) is 1. The van der Waals surface area contributed by atoms with Gasteiger partial charge in [-0.15, -0.1) is 0 Å². The first kappa shape index (κ1) is 17.5. The summed E-state index contributed by atoms with van der Waals surface area (Å²) in [7, 11) is 1.94. The minimum atomic E-state index is -4.48. The number of hydrogen-bond acceptors (Lipinski definition) is 3. The Morgan fingerprint density at radius 2 is 2.09 bits per heavy atom. The van der Waals surface area contributed by atoms with Gasteiger partial charge in [-0.25, -0.2) is 9.78 Å². The van der Waals surface area contributed by atoms with Crippen molar-refractivity contribution in [2.24, 2.45) is 5.92 Å². The quantitative estimate of drug-likeness (QED) is 0.836. The lowest BCUT2D eigenvalue weighted by atomic mass is 10.2. The van der Waals surface area contributed by atoms with Crippen molar-refractivity contribution in [2.75, 3.05) is 44.7 Å². The van der Waals surface area contributed by atoms with Gasteiger partial charge in [-0.2, -0.15) is 13.2 Å². The van der Waals surface area contributed by atoms with Crippen LogP contribution in [0.25, 0.3) is 0 Å². The van der Waals surface area contributed by atoms with Crippen LogP contribution in [0.1, 0.15) is 6.92 Å². The van der Waals surface area contributed by atoms with Crippen LogP contribution in [0.4, 0.5) is 23.8 Å². The van der Waals surface area contributed by atoms with Gasteiger partial charge in [0.05, 0.1) is 0 Å². The van der Waals surface area contributed by atoms with Crippen molar-refractivity contribution < 1.29 is 18.0 Å². The summed E-state index contributed by atoms with van der Waals surface area (Å²) < 4.78 is 38.7. The standard InChI is InChI=1S/C15H21F3N4O/c1-12-9-20(2)7-8-21(10-12)14(23)22(11-15(16,17)18)13-5-3-4-6-19-13/h3-6,12H,7-11H2,1-2H3/t12-/m1/s1. The molecule has 1 aromatic rings. The molecule has 1 aromatic heterocycles. The molecule has 0 spiro atoms. The van der Waals surface area contributed by atoms with Gasteiger partial charge >= 0.3 is 12.2 Å². The number of carbonyl (C=O) groups excluding carboxylic acids is 1. The van der Waals surface area contributed by atoms with E-state index in [0.717, 1.165) is 6.54 Å². The van der Waals surface area contributed by atoms with Crippen LogP contribution in [0, 0.1) is 5.92 Å². The van der Waals surface area contributed by atoms with Crippen LogP contribution in [-0.4, -0.2) is 66.8 Å². The molecule has 0 aliphatic carbocycles. The van der Waals surface area contributed by atoms with E-state index in [1.165, 1.54) is 17.2 Å². The van der Waals surface area contributed by atoms with Gasteiger partial charge in [0.25, 0.3) is 0 Å². The zero-order valence-electron chi connectivity index (χ0n) is 13.3. The molecule has 1 fully saturated rings. The number of halogens is 3. The summed E-state index contributed by atoms with van der Waals surface area (Å²) in [4.78, 5) is 20.8. The average Bonchev–Trinajstić information content (AvgIpc) is 2.64. The van der Waals surface area contributed by atoms with Crippen LogP contribution in [0.5, 0.6) is 0 Å². The van der Waals surface area contributed by atoms with Gasteiger partial charge in [0.15, 0.2) is 0 Å². The molecular formula is C15H21F3N4O. The number of hydrogen-bond donors (Lipinski definition) is 0. The minimum Gasteiger partial charge on any atom is -0.323 e. The van der Waals surface area contributed by atoms with Crippen LogP contribution < -0.4 is 4.90 Å². The second-order valence-corrected chi connectivity index (χ2v) is 5.99. The molecule has 1 saturated heterocycles. The second-order valence-electron chi connectivity index (χ2n) is 5.99. The second kappa shape index (κ2) is 7.16. The number of nitrogens with zero attached hydrogens (tertiary/aromatic N) is 4. The molecule has 23 heavy (non-hydrogen) atoms. The Hall–Kier alpha value is -1.83. The normalized spacial score (nSPS) is 20.2. The molecule has 1 aliphatic rings. The largest absolute Gasteiger partial charge is 0.406 e. The Balaban J connectivity index is 2.22. The maximum atomic E-state index is 12.9. The van der Waals surface area contributed by atoms with E-state index < -0.39 is 18.8 Å². The molecule has 0 radical (unpaired) electrons. The fraction of sp³-hybridized carbons (Fsp3) is 0.600. The maximum Gasteiger partial charge on any atom is 0.406 e. The van der Waals surface area contributed by atoms with E-state index in [0.29, 0.717) is 24.5 Å². The van der Waals surface area contributed by atoms with Gasteiger partial charge in [0.1, 0.15) is 12.4 Å². The van der Waals surface area contributed by atoms with E-state index in [1.807, 2.05) is 14.0 Å². The van der Waals surface area contributed by atoms with E-state index >= 15 is 0 Å². The van der Waals surface area contributed by atoms with Crippen LogP contribution >= 0.6 is 0 Å². The van der Waals surface area contributed by atoms with Crippen LogP contribution in [0.3, 0.4) is 0 Å². The molecule has 1 aliphatic heterocycles. The number of anilines is 1. The number of alkyl halides is 3. The van der Waals surface area contributed by atoms with Gasteiger partial charge in [0, 0.05) is 32.4 Å². The lowest BCUT2D eigenvalue weighted by Gasteiger charge is -2.30. The third kappa shape index (κ3) is 5.09. The first-order chi connectivity index (χ1) is 10.8. The summed E-state index contributed by atoms with van der Waals surface area (Å²) >= 11 is 0. The van der Waals surface area contributed by atoms with E-state index in [-0.39, 0.29) is 11.7 Å². The maximum absolute atomic E-state index is 12.9. The molecule has 128 valence electrons. The van der Waals surface area contributed by atoms with Gasteiger partial charge in [0.2, 0.25) is 0 Å². The molecule has 2 rings (SSSR count). The summed E-state index contributed by atoms with van der Waals surface area (Å²) in [5.41, 5.74) is 0. The van der Waals surface area contributed by atoms with Crippen molar-refractivity contribution in [1.29, 1.82) is 0 Å². The molecule has 2 heterocycles. The minimum absolute atomic E-state index is 0.0140. The first-order valence-electron chi connectivity index (χ1n) is 7.49. The molecule has 0 saturated carbocycles. The van der Waals surface area contributed by atoms with Crippen molar-refractivity contribution >= 4 is 11.8 Å². The average molecular weight is 330 g/mol. The SMILES string of the molecule is C[C@@H]1CN(C)CCN(C(=O)N(CC(F)(F)F)c2ccccn2)C1. The summed E-state index contributed by atoms with van der Waals surface area (Å²) in [6.07, 6.45) is -3.10. The Morgan fingerprint density at radius 1 is 1.35 bits per heavy atom. The number of amides is 2. The predicted molar refractivity (Wildman–Crippen MR) is 81.3 cm³/mol. The topological polar surface area (TPSA) is 39.7 Å². The molecule has 5 nitrogen and oxygen atoms in total. The van der Waals surface area contributed by atoms with Gasteiger partial charge in [-0.3, -0.25) is 4.90 Å². The molecule has 0 aromatic carbocycles. The third-order valence-electron chi connectivity index (χ3n) is 3.67. The number of rotatable bonds is 2. The van der Waals surface area contributed by atoms with E-state index in [9.17, 15) is 18.0 Å². The van der Waals surface area contributed by atoms with Gasteiger partial charge in [-0.05, 0) is 25.1 Å². The predicted octanol–water partition coefficient (Wildman–Crippen LogP) is 2.45. The summed E-state index contributed by atoms with van der Waals surface area (Å²) in [5.74, 6) is 0.211. The Bertz CT molecular complexity index is 523. The molecule has 0 unspecified atom stereocenters. The highest BCUT2D eigenvalue weighted by atomic mass is 19.4. The monoisotopic (exact) mass is 330 g/mol. The Morgan fingerprint density at radius 3 is 2.70 bits per heavy atom. The van der Waals surface area contributed by atoms with Crippen LogP contribution in [0.15, 0.2) is 24.4 Å². The van der Waals surface area contributed by atoms with Crippen LogP contribution in [0.2, 0.25) is 0 Å². The molecule has 0 N–H and O–H groups in total. The van der Waals surface area contributed by atoms with Crippen molar-refractivity contribution in [3.05, 3.63) is 24.4 Å². The zero-order chi connectivity index (χ0) is 17.0. The molecule has 2 amide bonds. The van der Waals surface area contributed by atoms with Crippen molar-refractivity contribution in [3.63, 3.8) is 0 Å². The smallest absolute Gasteiger partial charge is 0.323 e. The van der Waals surface area contributed by atoms with Gasteiger partial charge in [-0.1, -0.05) is 13.0 Å². The third-order valence-corrected chi connectivity index (χ3v) is 3.67. The van der Waals surface area contributed by atoms with Crippen LogP contribution in [-0.2, 0) is 0 Å². The fourth-order valence-electron chi connectivity index (χ4n) is 2.72. The van der Waals surface area contributed by atoms with Crippen molar-refractivity contribution in [2.45, 2.75) is 13.1 Å². The number of pyridine rings is 1. The molecule has 0 bridgehead atoms. The lowest BCUT2D eigenvalue weighted by Crippen LogP contribution is -2.49. The van der Waals surface area contributed by atoms with Crippen molar-refractivity contribution in [1.82, 2.24) is 14.8 Å². The molecule has 1 atom stereocenters. The van der Waals surface area contributed by atoms with Crippen molar-refractivity contribution in [3.8, 4) is 0 Å². The molecule has 8 heteroatoms. The number of carbonyl (C=O) groups is 1. The Kier molecular flexibility index (Phi) is 5.46. The van der Waals surface area contributed by atoms with E-state index in [1.54, 1.807) is 12.1 Å². The highest BCUT2D eigenvalue weighted by molar-refractivity contribution is 5.91. The highest BCUT2D eigenvalue weighted by Gasteiger charge is 2.36. The Labute approximate surface area is 133 Å². The molecular weight excluding hydrogens is 309 g/mol. The summed E-state index contributed by atoms with van der Waals surface area (Å²) in [5, 5.41) is 0. The van der Waals surface area contributed by atoms with Gasteiger partial charge < -0.3 is 9.80 Å². The highest BCUT2D eigenvalue weighted by Crippen LogP contribution is 2.22. The summed E-state index contributed by atoms with van der Waals surface area (Å²) in [6.45, 7) is 2.93. The lowest BCUT2D eigenvalue weighted by molar-refractivity contribution is -0.118.